The van der Waals surface area contributed by atoms with Crippen LogP contribution < -0.4 is 10.1 Å². The van der Waals surface area contributed by atoms with Gasteiger partial charge in [-0.2, -0.15) is 4.37 Å². The fraction of sp³-hybridized carbons (Fsp3) is 0.280. The highest BCUT2D eigenvalue weighted by Crippen LogP contribution is 2.36. The first-order chi connectivity index (χ1) is 17.1. The smallest absolute Gasteiger partial charge is 0.208 e. The van der Waals surface area contributed by atoms with Crippen LogP contribution in [-0.4, -0.2) is 48.6 Å². The number of aromatic nitrogens is 4. The van der Waals surface area contributed by atoms with Crippen molar-refractivity contribution in [3.8, 4) is 11.5 Å². The van der Waals surface area contributed by atoms with Crippen LogP contribution in [0.3, 0.4) is 0 Å². The Balaban J connectivity index is 1.34. The monoisotopic (exact) mass is 506 g/mol. The third-order valence-corrected chi connectivity index (χ3v) is 7.30. The molecule has 8 nitrogen and oxygen atoms in total. The molecule has 0 saturated carbocycles. The molecule has 4 aromatic rings. The molecule has 1 atom stereocenters. The summed E-state index contributed by atoms with van der Waals surface area (Å²) in [5, 5.41) is 14.7. The Morgan fingerprint density at radius 3 is 2.66 bits per heavy atom. The van der Waals surface area contributed by atoms with Gasteiger partial charge in [-0.15, -0.1) is 0 Å². The molecule has 2 N–H and O–H groups in total. The number of anilines is 2. The fourth-order valence-corrected chi connectivity index (χ4v) is 5.30. The van der Waals surface area contributed by atoms with Gasteiger partial charge < -0.3 is 15.2 Å². The minimum atomic E-state index is -0.413. The molecule has 5 rings (SSSR count). The van der Waals surface area contributed by atoms with E-state index in [9.17, 15) is 5.11 Å². The molecular formula is C25H26N6O2S2. The summed E-state index contributed by atoms with van der Waals surface area (Å²) in [5.41, 5.74) is 0. The average molecular weight is 507 g/mol. The van der Waals surface area contributed by atoms with Crippen LogP contribution in [0.2, 0.25) is 0 Å². The number of hydrogen-bond acceptors (Lipinski definition) is 10. The summed E-state index contributed by atoms with van der Waals surface area (Å²) in [4.78, 5) is 16.8. The van der Waals surface area contributed by atoms with E-state index in [1.165, 1.54) is 23.3 Å². The van der Waals surface area contributed by atoms with Gasteiger partial charge in [0, 0.05) is 53.9 Å². The largest absolute Gasteiger partial charge is 0.453 e. The lowest BCUT2D eigenvalue weighted by Crippen LogP contribution is -2.39. The summed E-state index contributed by atoms with van der Waals surface area (Å²) < 4.78 is 10.8. The first-order valence-electron chi connectivity index (χ1n) is 11.5. The molecule has 1 saturated heterocycles. The maximum atomic E-state index is 9.80. The average Bonchev–Trinajstić information content (AvgIpc) is 3.35. The molecule has 1 aromatic carbocycles. The molecular weight excluding hydrogens is 480 g/mol. The normalized spacial score (nSPS) is 15.6. The van der Waals surface area contributed by atoms with E-state index in [1.807, 2.05) is 61.5 Å². The van der Waals surface area contributed by atoms with E-state index in [0.29, 0.717) is 22.6 Å². The van der Waals surface area contributed by atoms with Crippen LogP contribution in [0.15, 0.2) is 76.9 Å². The van der Waals surface area contributed by atoms with E-state index in [-0.39, 0.29) is 0 Å². The molecule has 1 aliphatic heterocycles. The van der Waals surface area contributed by atoms with E-state index < -0.39 is 6.23 Å². The molecule has 0 spiro atoms. The number of ether oxygens (including phenoxy) is 1. The number of rotatable bonds is 8. The second kappa shape index (κ2) is 11.1. The van der Waals surface area contributed by atoms with Crippen molar-refractivity contribution in [2.45, 2.75) is 41.8 Å². The van der Waals surface area contributed by atoms with Gasteiger partial charge >= 0.3 is 0 Å². The SMILES string of the molecule is CC(O)N1CCC(c2nsc(Nc3ncc(Sc4ccccn4)cc3Oc3ccccc3)n2)CC1. The van der Waals surface area contributed by atoms with E-state index in [1.54, 1.807) is 12.4 Å². The Hall–Kier alpha value is -3.05. The highest BCUT2D eigenvalue weighted by atomic mass is 32.2. The molecule has 35 heavy (non-hydrogen) atoms. The molecule has 10 heteroatoms. The third kappa shape index (κ3) is 6.15. The van der Waals surface area contributed by atoms with Crippen LogP contribution in [0.5, 0.6) is 11.5 Å². The lowest BCUT2D eigenvalue weighted by molar-refractivity contribution is 0.00261. The Bertz CT molecular complexity index is 1230. The van der Waals surface area contributed by atoms with Crippen molar-refractivity contribution < 1.29 is 9.84 Å². The first-order valence-corrected chi connectivity index (χ1v) is 13.1. The van der Waals surface area contributed by atoms with E-state index >= 15 is 0 Å². The number of benzene rings is 1. The Morgan fingerprint density at radius 1 is 1.11 bits per heavy atom. The molecule has 1 aliphatic rings. The van der Waals surface area contributed by atoms with Crippen LogP contribution in [0, 0.1) is 0 Å². The van der Waals surface area contributed by atoms with Crippen LogP contribution >= 0.6 is 23.3 Å². The predicted molar refractivity (Wildman–Crippen MR) is 138 cm³/mol. The Morgan fingerprint density at radius 2 is 1.91 bits per heavy atom. The van der Waals surface area contributed by atoms with Crippen molar-refractivity contribution >= 4 is 34.2 Å². The molecule has 0 bridgehead atoms. The highest BCUT2D eigenvalue weighted by molar-refractivity contribution is 7.99. The summed E-state index contributed by atoms with van der Waals surface area (Å²) in [6.45, 7) is 3.50. The number of hydrogen-bond donors (Lipinski definition) is 2. The minimum Gasteiger partial charge on any atom is -0.453 e. The number of aliphatic hydroxyl groups is 1. The number of nitrogens with zero attached hydrogens (tertiary/aromatic N) is 5. The summed E-state index contributed by atoms with van der Waals surface area (Å²) in [7, 11) is 0. The molecule has 180 valence electrons. The summed E-state index contributed by atoms with van der Waals surface area (Å²) in [6, 6.07) is 17.4. The second-order valence-electron chi connectivity index (χ2n) is 8.23. The van der Waals surface area contributed by atoms with Crippen molar-refractivity contribution in [1.82, 2.24) is 24.2 Å². The Labute approximate surface area is 212 Å². The van der Waals surface area contributed by atoms with Gasteiger partial charge in [0.05, 0.1) is 0 Å². The maximum absolute atomic E-state index is 9.80. The summed E-state index contributed by atoms with van der Waals surface area (Å²) >= 11 is 2.84. The van der Waals surface area contributed by atoms with Gasteiger partial charge in [-0.3, -0.25) is 4.90 Å². The Kier molecular flexibility index (Phi) is 7.53. The van der Waals surface area contributed by atoms with Gasteiger partial charge in [0.1, 0.15) is 22.8 Å². The summed E-state index contributed by atoms with van der Waals surface area (Å²) in [6.07, 6.45) is 5.02. The maximum Gasteiger partial charge on any atom is 0.208 e. The van der Waals surface area contributed by atoms with Crippen molar-refractivity contribution in [3.05, 3.63) is 72.8 Å². The molecule has 1 fully saturated rings. The molecule has 0 amide bonds. The fourth-order valence-electron chi connectivity index (χ4n) is 3.88. The topological polar surface area (TPSA) is 96.3 Å². The van der Waals surface area contributed by atoms with E-state index in [4.69, 9.17) is 9.72 Å². The van der Waals surface area contributed by atoms with Gasteiger partial charge in [-0.1, -0.05) is 36.0 Å². The minimum absolute atomic E-state index is 0.293. The van der Waals surface area contributed by atoms with E-state index in [2.05, 4.69) is 24.6 Å². The molecule has 0 radical (unpaired) electrons. The lowest BCUT2D eigenvalue weighted by atomic mass is 9.96. The van der Waals surface area contributed by atoms with Crippen molar-refractivity contribution in [3.63, 3.8) is 0 Å². The summed E-state index contributed by atoms with van der Waals surface area (Å²) in [5.74, 6) is 3.03. The number of pyridine rings is 2. The van der Waals surface area contributed by atoms with Gasteiger partial charge in [0.25, 0.3) is 0 Å². The number of para-hydroxylation sites is 1. The number of piperidine rings is 1. The van der Waals surface area contributed by atoms with Crippen molar-refractivity contribution in [2.24, 2.45) is 0 Å². The van der Waals surface area contributed by atoms with Crippen LogP contribution in [0.25, 0.3) is 0 Å². The van der Waals surface area contributed by atoms with Crippen molar-refractivity contribution in [2.75, 3.05) is 18.4 Å². The predicted octanol–water partition coefficient (Wildman–Crippen LogP) is 5.53. The van der Waals surface area contributed by atoms with Crippen LogP contribution in [0.4, 0.5) is 10.9 Å². The quantitative estimate of drug-likeness (QED) is 0.320. The van der Waals surface area contributed by atoms with Crippen molar-refractivity contribution in [1.29, 1.82) is 0 Å². The van der Waals surface area contributed by atoms with Crippen LogP contribution in [0.1, 0.15) is 31.5 Å². The molecule has 0 aliphatic carbocycles. The van der Waals surface area contributed by atoms with Crippen LogP contribution in [-0.2, 0) is 0 Å². The number of nitrogens with one attached hydrogen (secondary N) is 1. The van der Waals surface area contributed by atoms with Gasteiger partial charge in [0.2, 0.25) is 5.13 Å². The lowest BCUT2D eigenvalue weighted by Gasteiger charge is -2.32. The third-order valence-electron chi connectivity index (χ3n) is 5.75. The first kappa shape index (κ1) is 23.7. The second-order valence-corrected chi connectivity index (χ2v) is 10.1. The molecule has 3 aromatic heterocycles. The zero-order chi connectivity index (χ0) is 24.0. The van der Waals surface area contributed by atoms with Gasteiger partial charge in [-0.05, 0) is 44.0 Å². The zero-order valence-electron chi connectivity index (χ0n) is 19.2. The number of aliphatic hydroxyl groups excluding tert-OH is 1. The van der Waals surface area contributed by atoms with Gasteiger partial charge in [-0.25, -0.2) is 15.0 Å². The zero-order valence-corrected chi connectivity index (χ0v) is 20.9. The molecule has 1 unspecified atom stereocenters. The highest BCUT2D eigenvalue weighted by Gasteiger charge is 2.25. The number of likely N-dealkylation sites (tertiary alicyclic amines) is 1. The van der Waals surface area contributed by atoms with Gasteiger partial charge in [0.15, 0.2) is 11.6 Å². The molecule has 4 heterocycles. The standard InChI is InChI=1S/C25H26N6O2S2/c1-17(32)31-13-10-18(11-14-31)23-28-25(35-30-23)29-24-21(33-19-7-3-2-4-8-19)15-20(16-27-24)34-22-9-5-6-12-26-22/h2-9,12,15-18,32H,10-11,13-14H2,1H3,(H,27,28,29,30). The van der Waals surface area contributed by atoms with E-state index in [0.717, 1.165) is 47.4 Å².